The Kier molecular flexibility index (Phi) is 6.90. The first-order valence-corrected chi connectivity index (χ1v) is 11.7. The van der Waals surface area contributed by atoms with Crippen molar-refractivity contribution >= 4 is 35.8 Å². The Morgan fingerprint density at radius 3 is 2.72 bits per heavy atom. The number of ether oxygens (including phenoxy) is 1. The Hall–Kier alpha value is 0.147. The van der Waals surface area contributed by atoms with Crippen LogP contribution in [0.15, 0.2) is 9.89 Å². The lowest BCUT2D eigenvalue weighted by atomic mass is 10.6. The summed E-state index contributed by atoms with van der Waals surface area (Å²) in [5, 5.41) is 5.21. The highest BCUT2D eigenvalue weighted by molar-refractivity contribution is 9.10. The van der Waals surface area contributed by atoms with Crippen LogP contribution in [0, 0.1) is 0 Å². The molecule has 0 bridgehead atoms. The van der Waals surface area contributed by atoms with Crippen molar-refractivity contribution in [2.75, 3.05) is 12.4 Å². The van der Waals surface area contributed by atoms with Crippen LogP contribution in [0.5, 0.6) is 0 Å². The molecule has 0 radical (unpaired) electrons. The van der Waals surface area contributed by atoms with Gasteiger partial charge in [0.05, 0.1) is 0 Å². The van der Waals surface area contributed by atoms with Gasteiger partial charge in [0.15, 0.2) is 5.16 Å². The molecule has 1 aromatic rings. The van der Waals surface area contributed by atoms with Gasteiger partial charge >= 0.3 is 0 Å². The molecule has 0 spiro atoms. The third-order valence-electron chi connectivity index (χ3n) is 2.26. The van der Waals surface area contributed by atoms with Crippen molar-refractivity contribution in [3.8, 4) is 0 Å². The molecule has 0 saturated carbocycles. The van der Waals surface area contributed by atoms with E-state index < -0.39 is 8.07 Å². The minimum atomic E-state index is -1.01. The van der Waals surface area contributed by atoms with Crippen LogP contribution < -0.4 is 0 Å². The Balaban J connectivity index is 2.41. The van der Waals surface area contributed by atoms with Gasteiger partial charge < -0.3 is 4.74 Å². The van der Waals surface area contributed by atoms with Crippen LogP contribution in [-0.4, -0.2) is 35.2 Å². The quantitative estimate of drug-likeness (QED) is 0.405. The number of hydrogen-bond donors (Lipinski definition) is 0. The summed E-state index contributed by atoms with van der Waals surface area (Å²) in [7, 11) is -1.01. The molecule has 0 atom stereocenters. The van der Waals surface area contributed by atoms with E-state index in [0.29, 0.717) is 11.5 Å². The van der Waals surface area contributed by atoms with Crippen LogP contribution in [0.25, 0.3) is 0 Å². The third-order valence-corrected chi connectivity index (χ3v) is 5.47. The summed E-state index contributed by atoms with van der Waals surface area (Å²) < 4.78 is 8.15. The number of aromatic nitrogens is 3. The van der Waals surface area contributed by atoms with Crippen LogP contribution in [0.3, 0.4) is 0 Å². The van der Waals surface area contributed by atoms with Crippen molar-refractivity contribution in [3.63, 3.8) is 0 Å². The van der Waals surface area contributed by atoms with Crippen molar-refractivity contribution < 1.29 is 4.74 Å². The zero-order valence-electron chi connectivity index (χ0n) is 11.6. The highest BCUT2D eigenvalue weighted by Crippen LogP contribution is 2.19. The topological polar surface area (TPSA) is 39.9 Å². The molecule has 0 aliphatic rings. The van der Waals surface area contributed by atoms with Gasteiger partial charge in [0.2, 0.25) is 4.73 Å². The van der Waals surface area contributed by atoms with E-state index in [-0.39, 0.29) is 0 Å². The van der Waals surface area contributed by atoms with E-state index >= 15 is 0 Å². The molecule has 0 unspecified atom stereocenters. The lowest BCUT2D eigenvalue weighted by Gasteiger charge is -2.15. The summed E-state index contributed by atoms with van der Waals surface area (Å²) >= 11 is 5.03. The van der Waals surface area contributed by atoms with Gasteiger partial charge in [-0.25, -0.2) is 4.68 Å². The maximum atomic E-state index is 5.69. The fraction of sp³-hybridized carbons (Fsp3) is 0.818. The van der Waals surface area contributed by atoms with Crippen molar-refractivity contribution in [3.05, 3.63) is 4.73 Å². The molecule has 1 aromatic heterocycles. The van der Waals surface area contributed by atoms with Gasteiger partial charge in [-0.05, 0) is 28.4 Å². The van der Waals surface area contributed by atoms with Gasteiger partial charge in [0.25, 0.3) is 0 Å². The summed E-state index contributed by atoms with van der Waals surface area (Å²) in [5.41, 5.74) is 0. The Labute approximate surface area is 123 Å². The fourth-order valence-electron chi connectivity index (χ4n) is 1.21. The largest absolute Gasteiger partial charge is 0.359 e. The standard InChI is InChI=1S/C11H22BrN3OSSi/c1-5-7-17-11-13-10(12)14-15(11)9-16-6-8-18(2,3)4/h5-9H2,1-4H3. The predicted octanol–water partition coefficient (Wildman–Crippen LogP) is 3.86. The molecule has 1 rings (SSSR count). The fourth-order valence-corrected chi connectivity index (χ4v) is 3.23. The van der Waals surface area contributed by atoms with Crippen LogP contribution in [-0.2, 0) is 11.5 Å². The maximum Gasteiger partial charge on any atom is 0.218 e. The summed E-state index contributed by atoms with van der Waals surface area (Å²) in [5.74, 6) is 1.06. The summed E-state index contributed by atoms with van der Waals surface area (Å²) in [4.78, 5) is 4.34. The van der Waals surface area contributed by atoms with Gasteiger partial charge in [-0.3, -0.25) is 0 Å². The summed E-state index contributed by atoms with van der Waals surface area (Å²) in [6.45, 7) is 10.5. The lowest BCUT2D eigenvalue weighted by molar-refractivity contribution is 0.0718. The SMILES string of the molecule is CCCSc1nc(Br)nn1COCC[Si](C)(C)C. The Morgan fingerprint density at radius 2 is 2.11 bits per heavy atom. The smallest absolute Gasteiger partial charge is 0.218 e. The Bertz CT molecular complexity index is 368. The molecule has 0 aliphatic carbocycles. The molecule has 0 N–H and O–H groups in total. The molecule has 1 heterocycles. The molecule has 0 fully saturated rings. The van der Waals surface area contributed by atoms with E-state index in [4.69, 9.17) is 4.74 Å². The van der Waals surface area contributed by atoms with Crippen LogP contribution >= 0.6 is 27.7 Å². The molecule has 7 heteroatoms. The van der Waals surface area contributed by atoms with E-state index in [0.717, 1.165) is 23.9 Å². The number of nitrogens with zero attached hydrogens (tertiary/aromatic N) is 3. The number of thioether (sulfide) groups is 1. The summed E-state index contributed by atoms with van der Waals surface area (Å²) in [6, 6.07) is 1.18. The number of rotatable bonds is 8. The molecular weight excluding hydrogens is 330 g/mol. The molecule has 4 nitrogen and oxygen atoms in total. The highest BCUT2D eigenvalue weighted by Gasteiger charge is 2.13. The molecule has 104 valence electrons. The van der Waals surface area contributed by atoms with E-state index in [1.54, 1.807) is 11.8 Å². The van der Waals surface area contributed by atoms with Crippen molar-refractivity contribution in [1.82, 2.24) is 14.8 Å². The van der Waals surface area contributed by atoms with Crippen molar-refractivity contribution in [2.45, 2.75) is 50.9 Å². The first-order chi connectivity index (χ1) is 8.42. The van der Waals surface area contributed by atoms with Crippen molar-refractivity contribution in [2.24, 2.45) is 0 Å². The van der Waals surface area contributed by atoms with E-state index in [2.05, 4.69) is 52.6 Å². The van der Waals surface area contributed by atoms with Crippen LogP contribution in [0.1, 0.15) is 13.3 Å². The molecule has 18 heavy (non-hydrogen) atoms. The van der Waals surface area contributed by atoms with Crippen LogP contribution in [0.4, 0.5) is 0 Å². The third kappa shape index (κ3) is 6.35. The second-order valence-electron chi connectivity index (χ2n) is 5.36. The van der Waals surface area contributed by atoms with Gasteiger partial charge in [-0.2, -0.15) is 4.98 Å². The van der Waals surface area contributed by atoms with Crippen LogP contribution in [0.2, 0.25) is 25.7 Å². The Morgan fingerprint density at radius 1 is 1.39 bits per heavy atom. The highest BCUT2D eigenvalue weighted by atomic mass is 79.9. The van der Waals surface area contributed by atoms with Crippen molar-refractivity contribution in [1.29, 1.82) is 0 Å². The minimum Gasteiger partial charge on any atom is -0.359 e. The predicted molar refractivity (Wildman–Crippen MR) is 82.8 cm³/mol. The first kappa shape index (κ1) is 16.2. The molecule has 0 aliphatic heterocycles. The monoisotopic (exact) mass is 351 g/mol. The molecular formula is C11H22BrN3OSSi. The first-order valence-electron chi connectivity index (χ1n) is 6.23. The average molecular weight is 352 g/mol. The van der Waals surface area contributed by atoms with Gasteiger partial charge in [0.1, 0.15) is 6.73 Å². The number of hydrogen-bond acceptors (Lipinski definition) is 4. The van der Waals surface area contributed by atoms with E-state index in [1.807, 2.05) is 4.68 Å². The molecule has 0 aromatic carbocycles. The van der Waals surface area contributed by atoms with Gasteiger partial charge in [0, 0.05) is 20.4 Å². The van der Waals surface area contributed by atoms with Gasteiger partial charge in [-0.1, -0.05) is 38.3 Å². The van der Waals surface area contributed by atoms with E-state index in [9.17, 15) is 0 Å². The average Bonchev–Trinajstić information content (AvgIpc) is 2.61. The minimum absolute atomic E-state index is 0.495. The zero-order chi connectivity index (χ0) is 13.6. The molecule has 0 amide bonds. The van der Waals surface area contributed by atoms with Gasteiger partial charge in [-0.15, -0.1) is 5.10 Å². The second-order valence-corrected chi connectivity index (χ2v) is 12.8. The normalized spacial score (nSPS) is 12.1. The van der Waals surface area contributed by atoms with E-state index in [1.165, 1.54) is 6.04 Å². The molecule has 0 saturated heterocycles. The number of halogens is 1. The maximum absolute atomic E-state index is 5.69. The second kappa shape index (κ2) is 7.67. The lowest BCUT2D eigenvalue weighted by Crippen LogP contribution is -2.22. The zero-order valence-corrected chi connectivity index (χ0v) is 15.0. The summed E-state index contributed by atoms with van der Waals surface area (Å²) in [6.07, 6.45) is 1.13.